The smallest absolute Gasteiger partial charge is 0.312 e. The number of rotatable bonds is 5. The number of hydrogen-bond donors (Lipinski definition) is 1. The summed E-state index contributed by atoms with van der Waals surface area (Å²) in [6.07, 6.45) is 2.10. The molecule has 0 bridgehead atoms. The number of carbonyl (C=O) groups is 1. The number of aromatic nitrogens is 1. The number of fused-ring (bicyclic) bond motifs is 1. The lowest BCUT2D eigenvalue weighted by atomic mass is 9.96. The van der Waals surface area contributed by atoms with E-state index in [4.69, 9.17) is 9.47 Å². The van der Waals surface area contributed by atoms with Crippen molar-refractivity contribution in [2.45, 2.75) is 19.3 Å². The zero-order valence-electron chi connectivity index (χ0n) is 11.7. The summed E-state index contributed by atoms with van der Waals surface area (Å²) >= 11 is 0. The van der Waals surface area contributed by atoms with Crippen molar-refractivity contribution in [3.8, 4) is 11.5 Å². The molecule has 1 atom stereocenters. The van der Waals surface area contributed by atoms with E-state index in [1.54, 1.807) is 26.5 Å². The Hall–Kier alpha value is -2.30. The minimum absolute atomic E-state index is 0.482. The average Bonchev–Trinajstić information content (AvgIpc) is 2.46. The van der Waals surface area contributed by atoms with Crippen molar-refractivity contribution >= 4 is 16.7 Å². The van der Waals surface area contributed by atoms with Crippen molar-refractivity contribution in [2.24, 2.45) is 0 Å². The molecule has 0 spiro atoms. The second kappa shape index (κ2) is 5.77. The Morgan fingerprint density at radius 3 is 2.50 bits per heavy atom. The highest BCUT2D eigenvalue weighted by atomic mass is 16.5. The van der Waals surface area contributed by atoms with Gasteiger partial charge in [-0.15, -0.1) is 0 Å². The van der Waals surface area contributed by atoms with E-state index in [0.717, 1.165) is 10.8 Å². The van der Waals surface area contributed by atoms with Crippen LogP contribution in [0.2, 0.25) is 0 Å². The minimum Gasteiger partial charge on any atom is -0.493 e. The van der Waals surface area contributed by atoms with Crippen LogP contribution < -0.4 is 9.47 Å². The van der Waals surface area contributed by atoms with Gasteiger partial charge < -0.3 is 14.6 Å². The van der Waals surface area contributed by atoms with Gasteiger partial charge in [-0.25, -0.2) is 0 Å². The normalized spacial score (nSPS) is 12.2. The molecule has 0 aliphatic heterocycles. The third-order valence-electron chi connectivity index (χ3n) is 3.34. The Balaban J connectivity index is 2.70. The lowest BCUT2D eigenvalue weighted by Gasteiger charge is -2.14. The molecule has 1 aromatic carbocycles. The van der Waals surface area contributed by atoms with E-state index in [1.165, 1.54) is 0 Å². The molecule has 0 aliphatic rings. The summed E-state index contributed by atoms with van der Waals surface area (Å²) in [4.78, 5) is 15.6. The molecule has 1 unspecified atom stereocenters. The fourth-order valence-corrected chi connectivity index (χ4v) is 2.28. The topological polar surface area (TPSA) is 68.7 Å². The standard InChI is InChI=1S/C15H17NO4/c1-4-10(15(17)18)14-11-8-13(20-3)12(19-2)7-9(11)5-6-16-14/h5-8,10H,4H2,1-3H3,(H,17,18). The van der Waals surface area contributed by atoms with Gasteiger partial charge >= 0.3 is 5.97 Å². The van der Waals surface area contributed by atoms with Crippen LogP contribution in [0.25, 0.3) is 10.8 Å². The molecule has 0 fully saturated rings. The van der Waals surface area contributed by atoms with E-state index in [9.17, 15) is 9.90 Å². The molecular weight excluding hydrogens is 258 g/mol. The molecular formula is C15H17NO4. The quantitative estimate of drug-likeness (QED) is 0.908. The maximum atomic E-state index is 11.4. The first-order valence-corrected chi connectivity index (χ1v) is 6.35. The van der Waals surface area contributed by atoms with Crippen LogP contribution in [0.1, 0.15) is 25.0 Å². The lowest BCUT2D eigenvalue weighted by Crippen LogP contribution is -2.12. The van der Waals surface area contributed by atoms with Crippen LogP contribution in [0.4, 0.5) is 0 Å². The number of carboxylic acid groups (broad SMARTS) is 1. The lowest BCUT2D eigenvalue weighted by molar-refractivity contribution is -0.138. The molecule has 0 saturated heterocycles. The van der Waals surface area contributed by atoms with Crippen LogP contribution in [0.3, 0.4) is 0 Å². The van der Waals surface area contributed by atoms with Crippen LogP contribution in [0.5, 0.6) is 11.5 Å². The van der Waals surface area contributed by atoms with Crippen molar-refractivity contribution in [3.63, 3.8) is 0 Å². The summed E-state index contributed by atoms with van der Waals surface area (Å²) in [6, 6.07) is 5.44. The second-order valence-electron chi connectivity index (χ2n) is 4.42. The number of aliphatic carboxylic acids is 1. The molecule has 0 radical (unpaired) electrons. The van der Waals surface area contributed by atoms with Crippen molar-refractivity contribution in [2.75, 3.05) is 14.2 Å². The molecule has 2 aromatic rings. The number of carboxylic acids is 1. The number of pyridine rings is 1. The molecule has 1 N–H and O–H groups in total. The average molecular weight is 275 g/mol. The maximum Gasteiger partial charge on any atom is 0.312 e. The molecule has 20 heavy (non-hydrogen) atoms. The summed E-state index contributed by atoms with van der Waals surface area (Å²) < 4.78 is 10.5. The summed E-state index contributed by atoms with van der Waals surface area (Å²) in [7, 11) is 3.12. The summed E-state index contributed by atoms with van der Waals surface area (Å²) in [5.41, 5.74) is 0.554. The highest BCUT2D eigenvalue weighted by Gasteiger charge is 2.22. The molecule has 0 amide bonds. The van der Waals surface area contributed by atoms with Crippen molar-refractivity contribution in [1.82, 2.24) is 4.98 Å². The molecule has 0 aliphatic carbocycles. The van der Waals surface area contributed by atoms with E-state index in [1.807, 2.05) is 19.1 Å². The number of ether oxygens (including phenoxy) is 2. The SMILES string of the molecule is CCC(C(=O)O)c1nccc2cc(OC)c(OC)cc12. The fourth-order valence-electron chi connectivity index (χ4n) is 2.28. The van der Waals surface area contributed by atoms with Crippen molar-refractivity contribution in [3.05, 3.63) is 30.1 Å². The number of nitrogens with zero attached hydrogens (tertiary/aromatic N) is 1. The third-order valence-corrected chi connectivity index (χ3v) is 3.34. The van der Waals surface area contributed by atoms with Gasteiger partial charge in [-0.1, -0.05) is 6.92 Å². The van der Waals surface area contributed by atoms with Gasteiger partial charge in [0.05, 0.1) is 25.8 Å². The summed E-state index contributed by atoms with van der Waals surface area (Å²) in [5, 5.41) is 11.0. The predicted octanol–water partition coefficient (Wildman–Crippen LogP) is 2.83. The van der Waals surface area contributed by atoms with Crippen LogP contribution in [0, 0.1) is 0 Å². The van der Waals surface area contributed by atoms with Gasteiger partial charge in [0.15, 0.2) is 11.5 Å². The highest BCUT2D eigenvalue weighted by molar-refractivity contribution is 5.91. The van der Waals surface area contributed by atoms with Gasteiger partial charge in [-0.2, -0.15) is 0 Å². The zero-order valence-corrected chi connectivity index (χ0v) is 11.7. The van der Waals surface area contributed by atoms with Gasteiger partial charge in [-0.05, 0) is 30.0 Å². The highest BCUT2D eigenvalue weighted by Crippen LogP contribution is 2.35. The molecule has 0 saturated carbocycles. The van der Waals surface area contributed by atoms with E-state index in [-0.39, 0.29) is 0 Å². The Kier molecular flexibility index (Phi) is 4.08. The monoisotopic (exact) mass is 275 g/mol. The fraction of sp³-hybridized carbons (Fsp3) is 0.333. The Morgan fingerprint density at radius 2 is 1.95 bits per heavy atom. The summed E-state index contributed by atoms with van der Waals surface area (Å²) in [6.45, 7) is 1.83. The van der Waals surface area contributed by atoms with E-state index in [0.29, 0.717) is 23.6 Å². The van der Waals surface area contributed by atoms with Crippen LogP contribution in [-0.4, -0.2) is 30.3 Å². The molecule has 1 heterocycles. The van der Waals surface area contributed by atoms with Gasteiger partial charge in [0.2, 0.25) is 0 Å². The van der Waals surface area contributed by atoms with Gasteiger partial charge in [0.25, 0.3) is 0 Å². The van der Waals surface area contributed by atoms with Crippen molar-refractivity contribution in [1.29, 1.82) is 0 Å². The first-order valence-electron chi connectivity index (χ1n) is 6.35. The first kappa shape index (κ1) is 14.1. The van der Waals surface area contributed by atoms with Crippen LogP contribution >= 0.6 is 0 Å². The van der Waals surface area contributed by atoms with E-state index in [2.05, 4.69) is 4.98 Å². The number of benzene rings is 1. The van der Waals surface area contributed by atoms with E-state index < -0.39 is 11.9 Å². The molecule has 2 rings (SSSR count). The zero-order chi connectivity index (χ0) is 14.7. The summed E-state index contributed by atoms with van der Waals surface area (Å²) in [5.74, 6) is -0.325. The first-order chi connectivity index (χ1) is 9.62. The largest absolute Gasteiger partial charge is 0.493 e. The molecule has 5 heteroatoms. The van der Waals surface area contributed by atoms with Crippen LogP contribution in [-0.2, 0) is 4.79 Å². The molecule has 106 valence electrons. The van der Waals surface area contributed by atoms with Crippen LogP contribution in [0.15, 0.2) is 24.4 Å². The van der Waals surface area contributed by atoms with Crippen molar-refractivity contribution < 1.29 is 19.4 Å². The Bertz CT molecular complexity index is 639. The van der Waals surface area contributed by atoms with Gasteiger partial charge in [0.1, 0.15) is 0 Å². The number of hydrogen-bond acceptors (Lipinski definition) is 4. The Labute approximate surface area is 117 Å². The Morgan fingerprint density at radius 1 is 1.30 bits per heavy atom. The number of methoxy groups -OCH3 is 2. The molecule has 5 nitrogen and oxygen atoms in total. The van der Waals surface area contributed by atoms with Gasteiger partial charge in [-0.3, -0.25) is 9.78 Å². The maximum absolute atomic E-state index is 11.4. The predicted molar refractivity (Wildman–Crippen MR) is 75.5 cm³/mol. The van der Waals surface area contributed by atoms with Gasteiger partial charge in [0, 0.05) is 11.6 Å². The third kappa shape index (κ3) is 2.39. The second-order valence-corrected chi connectivity index (χ2v) is 4.42. The van der Waals surface area contributed by atoms with E-state index >= 15 is 0 Å². The molecule has 1 aromatic heterocycles. The minimum atomic E-state index is -0.873.